The summed E-state index contributed by atoms with van der Waals surface area (Å²) in [6.45, 7) is 1.69. The van der Waals surface area contributed by atoms with E-state index in [0.29, 0.717) is 40.7 Å². The van der Waals surface area contributed by atoms with E-state index in [9.17, 15) is 19.1 Å². The van der Waals surface area contributed by atoms with Crippen LogP contribution in [0.1, 0.15) is 40.2 Å². The predicted molar refractivity (Wildman–Crippen MR) is 133 cm³/mol. The second-order valence-corrected chi connectivity index (χ2v) is 8.76. The number of benzene rings is 2. The number of aliphatic carboxylic acids is 1. The highest BCUT2D eigenvalue weighted by atomic mass is 19.1. The third kappa shape index (κ3) is 5.92. The first-order valence-corrected chi connectivity index (χ1v) is 11.5. The fourth-order valence-corrected chi connectivity index (χ4v) is 4.15. The van der Waals surface area contributed by atoms with Gasteiger partial charge in [-0.05, 0) is 54.8 Å². The van der Waals surface area contributed by atoms with Crippen molar-refractivity contribution in [3.8, 4) is 0 Å². The van der Waals surface area contributed by atoms with Gasteiger partial charge in [-0.3, -0.25) is 9.59 Å². The van der Waals surface area contributed by atoms with Gasteiger partial charge in [0, 0.05) is 50.4 Å². The zero-order valence-corrected chi connectivity index (χ0v) is 19.8. The van der Waals surface area contributed by atoms with Crippen LogP contribution in [-0.2, 0) is 17.6 Å². The minimum absolute atomic E-state index is 0.137. The molecule has 0 radical (unpaired) electrons. The number of nitrogens with one attached hydrogen (secondary N) is 1. The Kier molecular flexibility index (Phi) is 7.24. The third-order valence-electron chi connectivity index (χ3n) is 5.85. The van der Waals surface area contributed by atoms with Crippen molar-refractivity contribution in [2.45, 2.75) is 25.7 Å². The number of hydrogen-bond donors (Lipinski definition) is 2. The molecular weight excluding hydrogens is 449 g/mol. The monoisotopic (exact) mass is 477 g/mol. The summed E-state index contributed by atoms with van der Waals surface area (Å²) in [6.07, 6.45) is 2.42. The van der Waals surface area contributed by atoms with Gasteiger partial charge in [0.05, 0.1) is 6.42 Å². The van der Waals surface area contributed by atoms with Crippen LogP contribution in [0.2, 0.25) is 0 Å². The molecule has 0 atom stereocenters. The lowest BCUT2D eigenvalue weighted by atomic mass is 10.1. The van der Waals surface area contributed by atoms with E-state index in [0.717, 1.165) is 31.5 Å². The number of halogens is 1. The number of carboxylic acids is 1. The van der Waals surface area contributed by atoms with Gasteiger partial charge in [0.2, 0.25) is 0 Å². The van der Waals surface area contributed by atoms with Crippen LogP contribution in [-0.4, -0.2) is 54.1 Å². The summed E-state index contributed by atoms with van der Waals surface area (Å²) in [5.41, 5.74) is 2.57. The molecule has 9 heteroatoms. The average molecular weight is 478 g/mol. The van der Waals surface area contributed by atoms with E-state index in [4.69, 9.17) is 9.97 Å². The summed E-state index contributed by atoms with van der Waals surface area (Å²) in [5.74, 6) is 0.288. The number of carbonyl (C=O) groups is 2. The van der Waals surface area contributed by atoms with Crippen molar-refractivity contribution in [1.82, 2.24) is 9.97 Å². The topological polar surface area (TPSA) is 98.7 Å². The van der Waals surface area contributed by atoms with E-state index in [1.165, 1.54) is 24.3 Å². The van der Waals surface area contributed by atoms with Crippen LogP contribution < -0.4 is 15.1 Å². The molecule has 1 fully saturated rings. The Morgan fingerprint density at radius 3 is 2.29 bits per heavy atom. The second kappa shape index (κ2) is 10.5. The lowest BCUT2D eigenvalue weighted by Gasteiger charge is -2.24. The first kappa shape index (κ1) is 24.1. The van der Waals surface area contributed by atoms with Gasteiger partial charge >= 0.3 is 5.97 Å². The van der Waals surface area contributed by atoms with Gasteiger partial charge in [-0.25, -0.2) is 14.4 Å². The van der Waals surface area contributed by atoms with E-state index in [-0.39, 0.29) is 12.3 Å². The van der Waals surface area contributed by atoms with Gasteiger partial charge in [0.1, 0.15) is 23.3 Å². The van der Waals surface area contributed by atoms with Gasteiger partial charge < -0.3 is 20.2 Å². The number of carbonyl (C=O) groups excluding carboxylic acids is 1. The molecule has 182 valence electrons. The highest BCUT2D eigenvalue weighted by Gasteiger charge is 2.24. The quantitative estimate of drug-likeness (QED) is 0.510. The molecule has 0 saturated carbocycles. The van der Waals surface area contributed by atoms with Crippen LogP contribution in [0.4, 0.5) is 21.7 Å². The standard InChI is InChI=1S/C26H28FN5O3/c1-31(2)24-21(16-23(33)34)25(32-13-3-4-14-32)30-22(29-24)15-17-5-11-20(12-6-17)28-26(35)18-7-9-19(27)10-8-18/h5-12H,3-4,13-16H2,1-2H3,(H,28,35)(H,33,34). The molecule has 0 aliphatic carbocycles. The number of carboxylic acid groups (broad SMARTS) is 1. The fraction of sp³-hybridized carbons (Fsp3) is 0.308. The Hall–Kier alpha value is -4.01. The minimum atomic E-state index is -0.914. The summed E-state index contributed by atoms with van der Waals surface area (Å²) >= 11 is 0. The molecule has 8 nitrogen and oxygen atoms in total. The maximum absolute atomic E-state index is 13.1. The predicted octanol–water partition coefficient (Wildman–Crippen LogP) is 3.75. The summed E-state index contributed by atoms with van der Waals surface area (Å²) in [4.78, 5) is 37.4. The highest BCUT2D eigenvalue weighted by molar-refractivity contribution is 6.04. The van der Waals surface area contributed by atoms with Crippen molar-refractivity contribution < 1.29 is 19.1 Å². The van der Waals surface area contributed by atoms with Gasteiger partial charge in [0.15, 0.2) is 0 Å². The molecule has 4 rings (SSSR count). The summed E-state index contributed by atoms with van der Waals surface area (Å²) in [6, 6.07) is 12.7. The van der Waals surface area contributed by atoms with Crippen LogP contribution >= 0.6 is 0 Å². The van der Waals surface area contributed by atoms with Crippen molar-refractivity contribution in [1.29, 1.82) is 0 Å². The molecule has 1 aromatic heterocycles. The first-order valence-electron chi connectivity index (χ1n) is 11.5. The number of amides is 1. The molecule has 1 saturated heterocycles. The Morgan fingerprint density at radius 2 is 1.69 bits per heavy atom. The molecule has 1 aliphatic rings. The molecule has 0 spiro atoms. The molecule has 3 aromatic rings. The van der Waals surface area contributed by atoms with Crippen LogP contribution in [0.3, 0.4) is 0 Å². The fourth-order valence-electron chi connectivity index (χ4n) is 4.15. The zero-order chi connectivity index (χ0) is 24.9. The molecule has 2 heterocycles. The summed E-state index contributed by atoms with van der Waals surface area (Å²) in [7, 11) is 3.70. The van der Waals surface area contributed by atoms with Crippen molar-refractivity contribution in [3.05, 3.63) is 76.9 Å². The largest absolute Gasteiger partial charge is 0.481 e. The number of anilines is 3. The van der Waals surface area contributed by atoms with E-state index < -0.39 is 11.8 Å². The molecule has 1 aliphatic heterocycles. The number of rotatable bonds is 8. The van der Waals surface area contributed by atoms with E-state index in [2.05, 4.69) is 10.2 Å². The lowest BCUT2D eigenvalue weighted by Crippen LogP contribution is -2.26. The van der Waals surface area contributed by atoms with Crippen LogP contribution in [0.25, 0.3) is 0 Å². The number of nitrogens with zero attached hydrogens (tertiary/aromatic N) is 4. The van der Waals surface area contributed by atoms with Crippen LogP contribution in [0.5, 0.6) is 0 Å². The average Bonchev–Trinajstić information content (AvgIpc) is 3.36. The molecule has 1 amide bonds. The molecule has 35 heavy (non-hydrogen) atoms. The molecule has 0 unspecified atom stereocenters. The van der Waals surface area contributed by atoms with Crippen molar-refractivity contribution >= 4 is 29.2 Å². The van der Waals surface area contributed by atoms with Gasteiger partial charge in [-0.15, -0.1) is 0 Å². The minimum Gasteiger partial charge on any atom is -0.481 e. The first-order chi connectivity index (χ1) is 16.8. The van der Waals surface area contributed by atoms with Gasteiger partial charge in [-0.1, -0.05) is 12.1 Å². The van der Waals surface area contributed by atoms with E-state index in [1.54, 1.807) is 12.1 Å². The van der Waals surface area contributed by atoms with E-state index in [1.807, 2.05) is 31.1 Å². The van der Waals surface area contributed by atoms with Crippen molar-refractivity contribution in [2.24, 2.45) is 0 Å². The maximum Gasteiger partial charge on any atom is 0.308 e. The Balaban J connectivity index is 1.55. The second-order valence-electron chi connectivity index (χ2n) is 8.76. The summed E-state index contributed by atoms with van der Waals surface area (Å²) in [5, 5.41) is 12.3. The van der Waals surface area contributed by atoms with Crippen LogP contribution in [0, 0.1) is 5.82 Å². The normalized spacial score (nSPS) is 13.1. The lowest BCUT2D eigenvalue weighted by molar-refractivity contribution is -0.136. The SMILES string of the molecule is CN(C)c1nc(Cc2ccc(NC(=O)c3ccc(F)cc3)cc2)nc(N2CCCC2)c1CC(=O)O. The Bertz CT molecular complexity index is 1210. The molecule has 0 bridgehead atoms. The molecule has 2 aromatic carbocycles. The highest BCUT2D eigenvalue weighted by Crippen LogP contribution is 2.30. The number of aromatic nitrogens is 2. The Morgan fingerprint density at radius 1 is 1.03 bits per heavy atom. The maximum atomic E-state index is 13.1. The Labute approximate surface area is 203 Å². The third-order valence-corrected chi connectivity index (χ3v) is 5.85. The zero-order valence-electron chi connectivity index (χ0n) is 19.8. The van der Waals surface area contributed by atoms with Crippen molar-refractivity contribution in [3.63, 3.8) is 0 Å². The van der Waals surface area contributed by atoms with Gasteiger partial charge in [0.25, 0.3) is 5.91 Å². The summed E-state index contributed by atoms with van der Waals surface area (Å²) < 4.78 is 13.1. The van der Waals surface area contributed by atoms with Gasteiger partial charge in [-0.2, -0.15) is 0 Å². The van der Waals surface area contributed by atoms with E-state index >= 15 is 0 Å². The van der Waals surface area contributed by atoms with Crippen molar-refractivity contribution in [2.75, 3.05) is 42.3 Å². The molecule has 2 N–H and O–H groups in total. The smallest absolute Gasteiger partial charge is 0.308 e. The van der Waals surface area contributed by atoms with Crippen LogP contribution in [0.15, 0.2) is 48.5 Å². The number of hydrogen-bond acceptors (Lipinski definition) is 6. The molecular formula is C26H28FN5O3.